The fourth-order valence-electron chi connectivity index (χ4n) is 1.07. The van der Waals surface area contributed by atoms with Crippen molar-refractivity contribution in [2.45, 2.75) is 26.7 Å². The molecule has 0 aliphatic heterocycles. The van der Waals surface area contributed by atoms with Crippen molar-refractivity contribution in [3.63, 3.8) is 0 Å². The molecule has 3 N–H and O–H groups in total. The summed E-state index contributed by atoms with van der Waals surface area (Å²) in [7, 11) is 0. The van der Waals surface area contributed by atoms with Gasteiger partial charge >= 0.3 is 5.97 Å². The molecule has 0 aliphatic carbocycles. The minimum absolute atomic E-state index is 0.137. The molecule has 66 valence electrons. The first kappa shape index (κ1) is 10.4. The van der Waals surface area contributed by atoms with E-state index in [-0.39, 0.29) is 12.3 Å². The highest BCUT2D eigenvalue weighted by Gasteiger charge is 2.16. The van der Waals surface area contributed by atoms with Crippen molar-refractivity contribution in [1.29, 1.82) is 0 Å². The number of aliphatic carboxylic acids is 1. The van der Waals surface area contributed by atoms with Crippen LogP contribution in [0.3, 0.4) is 0 Å². The smallest absolute Gasteiger partial charge is 0.303 e. The highest BCUT2D eigenvalue weighted by atomic mass is 16.4. The number of carboxylic acid groups (broad SMARTS) is 1. The fourth-order valence-corrected chi connectivity index (χ4v) is 1.07. The number of hydrogen-bond donors (Lipinski definition) is 2. The molecule has 0 aromatic heterocycles. The first-order valence-electron chi connectivity index (χ1n) is 4.03. The quantitative estimate of drug-likeness (QED) is 0.631. The van der Waals surface area contributed by atoms with Gasteiger partial charge in [-0.2, -0.15) is 0 Å². The van der Waals surface area contributed by atoms with Crippen LogP contribution < -0.4 is 5.73 Å². The van der Waals surface area contributed by atoms with Gasteiger partial charge in [-0.15, -0.1) is 0 Å². The minimum Gasteiger partial charge on any atom is -0.481 e. The van der Waals surface area contributed by atoms with Crippen molar-refractivity contribution in [3.05, 3.63) is 0 Å². The number of carbonyl (C=O) groups is 1. The summed E-state index contributed by atoms with van der Waals surface area (Å²) in [5.41, 5.74) is 5.43. The second-order valence-corrected chi connectivity index (χ2v) is 2.98. The van der Waals surface area contributed by atoms with Gasteiger partial charge in [0.25, 0.3) is 0 Å². The second-order valence-electron chi connectivity index (χ2n) is 2.98. The van der Waals surface area contributed by atoms with E-state index in [1.54, 1.807) is 0 Å². The summed E-state index contributed by atoms with van der Waals surface area (Å²) in [5.74, 6) is -0.200. The Balaban J connectivity index is 3.84. The molecule has 0 bridgehead atoms. The van der Waals surface area contributed by atoms with Gasteiger partial charge in [-0.05, 0) is 18.4 Å². The molecule has 0 spiro atoms. The first-order chi connectivity index (χ1) is 5.11. The van der Waals surface area contributed by atoms with Crippen LogP contribution in [0.4, 0.5) is 0 Å². The highest BCUT2D eigenvalue weighted by Crippen LogP contribution is 2.17. The van der Waals surface area contributed by atoms with Crippen LogP contribution in [0.1, 0.15) is 26.7 Å². The van der Waals surface area contributed by atoms with E-state index in [1.807, 2.05) is 6.92 Å². The van der Waals surface area contributed by atoms with Gasteiger partial charge in [-0.1, -0.05) is 20.3 Å². The lowest BCUT2D eigenvalue weighted by atomic mass is 9.89. The van der Waals surface area contributed by atoms with Gasteiger partial charge in [-0.3, -0.25) is 4.79 Å². The number of carboxylic acids is 1. The van der Waals surface area contributed by atoms with Crippen LogP contribution in [-0.2, 0) is 4.79 Å². The molecule has 0 saturated carbocycles. The van der Waals surface area contributed by atoms with Gasteiger partial charge in [-0.25, -0.2) is 0 Å². The van der Waals surface area contributed by atoms with Crippen molar-refractivity contribution in [2.75, 3.05) is 6.54 Å². The average molecular weight is 159 g/mol. The molecule has 3 heteroatoms. The normalized spacial score (nSPS) is 15.9. The third kappa shape index (κ3) is 3.98. The molecule has 0 aliphatic rings. The Hall–Kier alpha value is -0.570. The molecule has 0 aromatic carbocycles. The molecule has 0 heterocycles. The Bertz CT molecular complexity index is 125. The van der Waals surface area contributed by atoms with Crippen LogP contribution in [0.25, 0.3) is 0 Å². The van der Waals surface area contributed by atoms with Gasteiger partial charge in [0.2, 0.25) is 0 Å². The molecule has 2 unspecified atom stereocenters. The molecule has 0 amide bonds. The van der Waals surface area contributed by atoms with Gasteiger partial charge in [0.15, 0.2) is 0 Å². The fraction of sp³-hybridized carbons (Fsp3) is 0.875. The third-order valence-electron chi connectivity index (χ3n) is 2.19. The zero-order valence-corrected chi connectivity index (χ0v) is 7.21. The van der Waals surface area contributed by atoms with Gasteiger partial charge in [0.1, 0.15) is 0 Å². The summed E-state index contributed by atoms with van der Waals surface area (Å²) in [6.07, 6.45) is 1.20. The first-order valence-corrected chi connectivity index (χ1v) is 4.03. The van der Waals surface area contributed by atoms with Crippen molar-refractivity contribution in [2.24, 2.45) is 17.6 Å². The number of rotatable bonds is 5. The number of nitrogens with two attached hydrogens (primary N) is 1. The van der Waals surface area contributed by atoms with Crippen LogP contribution in [-0.4, -0.2) is 17.6 Å². The van der Waals surface area contributed by atoms with Crippen molar-refractivity contribution >= 4 is 5.97 Å². The molecule has 0 rings (SSSR count). The highest BCUT2D eigenvalue weighted by molar-refractivity contribution is 5.67. The van der Waals surface area contributed by atoms with Crippen LogP contribution >= 0.6 is 0 Å². The predicted molar refractivity (Wildman–Crippen MR) is 44.3 cm³/mol. The molecule has 11 heavy (non-hydrogen) atoms. The van der Waals surface area contributed by atoms with Crippen LogP contribution in [0, 0.1) is 11.8 Å². The zero-order chi connectivity index (χ0) is 8.85. The molecular formula is C8H17NO2. The number of hydrogen-bond acceptors (Lipinski definition) is 2. The van der Waals surface area contributed by atoms with Crippen LogP contribution in [0.2, 0.25) is 0 Å². The second kappa shape index (κ2) is 5.13. The van der Waals surface area contributed by atoms with Crippen LogP contribution in [0.15, 0.2) is 0 Å². The SMILES string of the molecule is CCC(C)C(CN)CC(=O)O. The average Bonchev–Trinajstić information content (AvgIpc) is 1.98. The maximum Gasteiger partial charge on any atom is 0.303 e. The van der Waals surface area contributed by atoms with E-state index in [4.69, 9.17) is 10.8 Å². The lowest BCUT2D eigenvalue weighted by Crippen LogP contribution is -2.24. The topological polar surface area (TPSA) is 63.3 Å². The molecule has 3 nitrogen and oxygen atoms in total. The zero-order valence-electron chi connectivity index (χ0n) is 7.21. The summed E-state index contributed by atoms with van der Waals surface area (Å²) in [6.45, 7) is 4.57. The summed E-state index contributed by atoms with van der Waals surface area (Å²) >= 11 is 0. The third-order valence-corrected chi connectivity index (χ3v) is 2.19. The Morgan fingerprint density at radius 1 is 1.64 bits per heavy atom. The predicted octanol–water partition coefficient (Wildman–Crippen LogP) is 1.08. The van der Waals surface area contributed by atoms with E-state index in [0.717, 1.165) is 6.42 Å². The summed E-state index contributed by atoms with van der Waals surface area (Å²) in [6, 6.07) is 0. The van der Waals surface area contributed by atoms with E-state index in [0.29, 0.717) is 12.5 Å². The van der Waals surface area contributed by atoms with E-state index < -0.39 is 5.97 Å². The lowest BCUT2D eigenvalue weighted by molar-refractivity contribution is -0.138. The molecule has 0 aromatic rings. The summed E-state index contributed by atoms with van der Waals surface area (Å²) in [5, 5.41) is 8.50. The molecule has 0 saturated heterocycles. The Labute approximate surface area is 67.6 Å². The van der Waals surface area contributed by atoms with Gasteiger partial charge < -0.3 is 10.8 Å². The van der Waals surface area contributed by atoms with Crippen molar-refractivity contribution < 1.29 is 9.90 Å². The van der Waals surface area contributed by atoms with Gasteiger partial charge in [0.05, 0.1) is 0 Å². The molecular weight excluding hydrogens is 142 g/mol. The van der Waals surface area contributed by atoms with Crippen LogP contribution in [0.5, 0.6) is 0 Å². The lowest BCUT2D eigenvalue weighted by Gasteiger charge is -2.18. The molecule has 2 atom stereocenters. The monoisotopic (exact) mass is 159 g/mol. The van der Waals surface area contributed by atoms with E-state index in [2.05, 4.69) is 6.92 Å². The molecule has 0 radical (unpaired) electrons. The van der Waals surface area contributed by atoms with E-state index in [9.17, 15) is 4.79 Å². The Morgan fingerprint density at radius 2 is 2.18 bits per heavy atom. The van der Waals surface area contributed by atoms with E-state index in [1.165, 1.54) is 0 Å². The standard InChI is InChI=1S/C8H17NO2/c1-3-6(2)7(5-9)4-8(10)11/h6-7H,3-5,9H2,1-2H3,(H,10,11). The molecule has 0 fully saturated rings. The minimum atomic E-state index is -0.749. The largest absolute Gasteiger partial charge is 0.481 e. The van der Waals surface area contributed by atoms with Gasteiger partial charge in [0, 0.05) is 6.42 Å². The van der Waals surface area contributed by atoms with Crippen molar-refractivity contribution in [1.82, 2.24) is 0 Å². The summed E-state index contributed by atoms with van der Waals surface area (Å²) < 4.78 is 0. The Kier molecular flexibility index (Phi) is 4.86. The maximum atomic E-state index is 10.3. The summed E-state index contributed by atoms with van der Waals surface area (Å²) in [4.78, 5) is 10.3. The Morgan fingerprint density at radius 3 is 2.45 bits per heavy atom. The maximum absolute atomic E-state index is 10.3. The van der Waals surface area contributed by atoms with Crippen molar-refractivity contribution in [3.8, 4) is 0 Å². The van der Waals surface area contributed by atoms with E-state index >= 15 is 0 Å².